The van der Waals surface area contributed by atoms with Crippen LogP contribution in [0.3, 0.4) is 0 Å². The van der Waals surface area contributed by atoms with Crippen LogP contribution >= 0.6 is 0 Å². The number of hydrogen-bond acceptors (Lipinski definition) is 3. The van der Waals surface area contributed by atoms with E-state index in [1.54, 1.807) is 13.2 Å². The third-order valence-corrected chi connectivity index (χ3v) is 2.10. The predicted octanol–water partition coefficient (Wildman–Crippen LogP) is 2.36. The van der Waals surface area contributed by atoms with E-state index in [-0.39, 0.29) is 5.75 Å². The number of benzene rings is 1. The molecule has 0 radical (unpaired) electrons. The summed E-state index contributed by atoms with van der Waals surface area (Å²) in [6, 6.07) is 3.40. The number of aryl methyl sites for hydroxylation is 1. The molecular formula is C11H16O3. The first-order valence-electron chi connectivity index (χ1n) is 4.66. The van der Waals surface area contributed by atoms with Gasteiger partial charge in [-0.15, -0.1) is 0 Å². The topological polar surface area (TPSA) is 38.7 Å². The zero-order valence-electron chi connectivity index (χ0n) is 8.83. The summed E-state index contributed by atoms with van der Waals surface area (Å²) in [6.45, 7) is 2.10. The Labute approximate surface area is 84.3 Å². The molecule has 1 rings (SSSR count). The van der Waals surface area contributed by atoms with E-state index < -0.39 is 0 Å². The molecule has 3 nitrogen and oxygen atoms in total. The molecule has 0 saturated carbocycles. The molecular weight excluding hydrogens is 180 g/mol. The van der Waals surface area contributed by atoms with Crippen LogP contribution < -0.4 is 9.47 Å². The molecule has 3 heteroatoms. The SMILES string of the molecule is CCCc1cc(OC)c(O)cc1OC. The molecule has 1 N–H and O–H groups in total. The van der Waals surface area contributed by atoms with Crippen LogP contribution in [0.25, 0.3) is 0 Å². The van der Waals surface area contributed by atoms with Gasteiger partial charge in [-0.25, -0.2) is 0 Å². The Morgan fingerprint density at radius 2 is 1.79 bits per heavy atom. The zero-order chi connectivity index (χ0) is 10.6. The van der Waals surface area contributed by atoms with Gasteiger partial charge in [0.05, 0.1) is 14.2 Å². The molecule has 0 spiro atoms. The predicted molar refractivity (Wildman–Crippen MR) is 55.2 cm³/mol. The standard InChI is InChI=1S/C11H16O3/c1-4-5-8-6-11(14-3)9(12)7-10(8)13-2/h6-7,12H,4-5H2,1-3H3. The molecule has 0 aromatic heterocycles. The summed E-state index contributed by atoms with van der Waals surface area (Å²) < 4.78 is 10.2. The Bertz CT molecular complexity index is 308. The van der Waals surface area contributed by atoms with Crippen molar-refractivity contribution in [3.05, 3.63) is 17.7 Å². The van der Waals surface area contributed by atoms with Crippen LogP contribution in [0.2, 0.25) is 0 Å². The van der Waals surface area contributed by atoms with Crippen molar-refractivity contribution in [2.24, 2.45) is 0 Å². The van der Waals surface area contributed by atoms with E-state index in [1.165, 1.54) is 7.11 Å². The van der Waals surface area contributed by atoms with E-state index in [2.05, 4.69) is 6.92 Å². The van der Waals surface area contributed by atoms with Crippen LogP contribution in [0.15, 0.2) is 12.1 Å². The maximum absolute atomic E-state index is 9.51. The zero-order valence-corrected chi connectivity index (χ0v) is 8.83. The summed E-state index contributed by atoms with van der Waals surface area (Å²) in [7, 11) is 3.14. The Kier molecular flexibility index (Phi) is 3.63. The Morgan fingerprint density at radius 1 is 1.14 bits per heavy atom. The lowest BCUT2D eigenvalue weighted by atomic mass is 10.1. The summed E-state index contributed by atoms with van der Waals surface area (Å²) in [4.78, 5) is 0. The lowest BCUT2D eigenvalue weighted by molar-refractivity contribution is 0.363. The van der Waals surface area contributed by atoms with Crippen molar-refractivity contribution in [1.82, 2.24) is 0 Å². The summed E-state index contributed by atoms with van der Waals surface area (Å²) >= 11 is 0. The average Bonchev–Trinajstić information content (AvgIpc) is 2.20. The number of hydrogen-bond donors (Lipinski definition) is 1. The van der Waals surface area contributed by atoms with Gasteiger partial charge >= 0.3 is 0 Å². The van der Waals surface area contributed by atoms with E-state index in [1.807, 2.05) is 6.07 Å². The van der Waals surface area contributed by atoms with Gasteiger partial charge in [0, 0.05) is 6.07 Å². The van der Waals surface area contributed by atoms with Crippen molar-refractivity contribution in [2.75, 3.05) is 14.2 Å². The molecule has 0 aliphatic heterocycles. The highest BCUT2D eigenvalue weighted by Gasteiger charge is 2.09. The van der Waals surface area contributed by atoms with Crippen LogP contribution in [0.5, 0.6) is 17.2 Å². The normalized spacial score (nSPS) is 9.93. The highest BCUT2D eigenvalue weighted by atomic mass is 16.5. The number of ether oxygens (including phenoxy) is 2. The van der Waals surface area contributed by atoms with Crippen molar-refractivity contribution >= 4 is 0 Å². The first kappa shape index (κ1) is 10.7. The van der Waals surface area contributed by atoms with Gasteiger partial charge in [-0.1, -0.05) is 13.3 Å². The van der Waals surface area contributed by atoms with Gasteiger partial charge < -0.3 is 14.6 Å². The minimum Gasteiger partial charge on any atom is -0.504 e. The van der Waals surface area contributed by atoms with Crippen molar-refractivity contribution < 1.29 is 14.6 Å². The number of rotatable bonds is 4. The minimum absolute atomic E-state index is 0.115. The van der Waals surface area contributed by atoms with Gasteiger partial charge in [-0.3, -0.25) is 0 Å². The largest absolute Gasteiger partial charge is 0.504 e. The molecule has 1 aromatic carbocycles. The van der Waals surface area contributed by atoms with Crippen molar-refractivity contribution in [3.8, 4) is 17.2 Å². The van der Waals surface area contributed by atoms with Crippen LogP contribution in [0.4, 0.5) is 0 Å². The Balaban J connectivity index is 3.11. The number of phenols is 1. The third kappa shape index (κ3) is 2.10. The first-order chi connectivity index (χ1) is 6.72. The molecule has 0 bridgehead atoms. The van der Waals surface area contributed by atoms with Gasteiger partial charge in [0.15, 0.2) is 11.5 Å². The second-order valence-electron chi connectivity index (χ2n) is 3.09. The Hall–Kier alpha value is -1.38. The first-order valence-corrected chi connectivity index (χ1v) is 4.66. The van der Waals surface area contributed by atoms with E-state index >= 15 is 0 Å². The fourth-order valence-corrected chi connectivity index (χ4v) is 1.41. The third-order valence-electron chi connectivity index (χ3n) is 2.10. The van der Waals surface area contributed by atoms with E-state index in [0.717, 1.165) is 18.4 Å². The van der Waals surface area contributed by atoms with E-state index in [4.69, 9.17) is 9.47 Å². The van der Waals surface area contributed by atoms with Crippen LogP contribution in [-0.4, -0.2) is 19.3 Å². The molecule has 0 heterocycles. The molecule has 1 aromatic rings. The lowest BCUT2D eigenvalue weighted by Gasteiger charge is -2.11. The van der Waals surface area contributed by atoms with Crippen molar-refractivity contribution in [1.29, 1.82) is 0 Å². The second kappa shape index (κ2) is 4.74. The van der Waals surface area contributed by atoms with Crippen LogP contribution in [-0.2, 0) is 6.42 Å². The molecule has 0 aliphatic rings. The summed E-state index contributed by atoms with van der Waals surface area (Å²) in [6.07, 6.45) is 1.95. The van der Waals surface area contributed by atoms with E-state index in [0.29, 0.717) is 11.5 Å². The molecule has 0 saturated heterocycles. The fourth-order valence-electron chi connectivity index (χ4n) is 1.41. The Morgan fingerprint density at radius 3 is 2.29 bits per heavy atom. The van der Waals surface area contributed by atoms with Crippen LogP contribution in [0, 0.1) is 0 Å². The van der Waals surface area contributed by atoms with Gasteiger partial charge in [-0.05, 0) is 18.1 Å². The van der Waals surface area contributed by atoms with Crippen molar-refractivity contribution in [2.45, 2.75) is 19.8 Å². The smallest absolute Gasteiger partial charge is 0.161 e. The molecule has 0 fully saturated rings. The number of phenolic OH excluding ortho intramolecular Hbond substituents is 1. The lowest BCUT2D eigenvalue weighted by Crippen LogP contribution is -1.94. The molecule has 14 heavy (non-hydrogen) atoms. The average molecular weight is 196 g/mol. The van der Waals surface area contributed by atoms with E-state index in [9.17, 15) is 5.11 Å². The summed E-state index contributed by atoms with van der Waals surface area (Å²) in [5.41, 5.74) is 1.06. The van der Waals surface area contributed by atoms with Gasteiger partial charge in [0.2, 0.25) is 0 Å². The fraction of sp³-hybridized carbons (Fsp3) is 0.455. The van der Waals surface area contributed by atoms with Gasteiger partial charge in [0.25, 0.3) is 0 Å². The highest BCUT2D eigenvalue weighted by Crippen LogP contribution is 2.34. The second-order valence-corrected chi connectivity index (χ2v) is 3.09. The number of aromatic hydroxyl groups is 1. The van der Waals surface area contributed by atoms with Crippen LogP contribution in [0.1, 0.15) is 18.9 Å². The number of methoxy groups -OCH3 is 2. The minimum atomic E-state index is 0.115. The maximum Gasteiger partial charge on any atom is 0.161 e. The van der Waals surface area contributed by atoms with Crippen molar-refractivity contribution in [3.63, 3.8) is 0 Å². The molecule has 0 atom stereocenters. The molecule has 0 amide bonds. The quantitative estimate of drug-likeness (QED) is 0.803. The molecule has 78 valence electrons. The summed E-state index contributed by atoms with van der Waals surface area (Å²) in [5.74, 6) is 1.32. The molecule has 0 aliphatic carbocycles. The maximum atomic E-state index is 9.51. The highest BCUT2D eigenvalue weighted by molar-refractivity contribution is 5.49. The monoisotopic (exact) mass is 196 g/mol. The summed E-state index contributed by atoms with van der Waals surface area (Å²) in [5, 5.41) is 9.51. The van der Waals surface area contributed by atoms with Gasteiger partial charge in [0.1, 0.15) is 5.75 Å². The molecule has 0 unspecified atom stereocenters. The van der Waals surface area contributed by atoms with Gasteiger partial charge in [-0.2, -0.15) is 0 Å².